The number of rotatable bonds is 7. The minimum absolute atomic E-state index is 0.00768. The molecule has 22 heavy (non-hydrogen) atoms. The third-order valence-corrected chi connectivity index (χ3v) is 3.80. The summed E-state index contributed by atoms with van der Waals surface area (Å²) >= 11 is 0. The Bertz CT molecular complexity index is 644. The Morgan fingerprint density at radius 1 is 0.955 bits per heavy atom. The molecule has 0 atom stereocenters. The summed E-state index contributed by atoms with van der Waals surface area (Å²) in [5.41, 5.74) is 3.95. The number of hydrazine groups is 1. The van der Waals surface area contributed by atoms with Gasteiger partial charge in [-0.2, -0.15) is 0 Å². The standard InChI is InChI=1S/C12H15N3O6S/c16-10(6-7-12(18)19)14-15-11(17)8-13-22(20,21)9-4-2-1-3-5-9/h1-5,13H,6-8H2,(H,14,16)(H,15,17)(H,18,19). The van der Waals surface area contributed by atoms with Crippen molar-refractivity contribution in [2.45, 2.75) is 17.7 Å². The molecule has 0 aromatic heterocycles. The SMILES string of the molecule is O=C(O)CCC(=O)NNC(=O)CNS(=O)(=O)c1ccccc1. The van der Waals surface area contributed by atoms with Crippen molar-refractivity contribution in [3.05, 3.63) is 30.3 Å². The van der Waals surface area contributed by atoms with Gasteiger partial charge in [-0.25, -0.2) is 13.1 Å². The molecule has 0 radical (unpaired) electrons. The van der Waals surface area contributed by atoms with Crippen LogP contribution in [0.2, 0.25) is 0 Å². The highest BCUT2D eigenvalue weighted by Gasteiger charge is 2.15. The van der Waals surface area contributed by atoms with Crippen molar-refractivity contribution >= 4 is 27.8 Å². The average Bonchev–Trinajstić information content (AvgIpc) is 2.49. The van der Waals surface area contributed by atoms with Gasteiger partial charge >= 0.3 is 5.97 Å². The van der Waals surface area contributed by atoms with Crippen molar-refractivity contribution in [2.24, 2.45) is 0 Å². The van der Waals surface area contributed by atoms with Gasteiger partial charge in [0.25, 0.3) is 5.91 Å². The molecule has 1 rings (SSSR count). The van der Waals surface area contributed by atoms with Gasteiger partial charge in [-0.05, 0) is 12.1 Å². The molecule has 0 bridgehead atoms. The Balaban J connectivity index is 2.37. The van der Waals surface area contributed by atoms with E-state index in [1.54, 1.807) is 6.07 Å². The monoisotopic (exact) mass is 329 g/mol. The maximum absolute atomic E-state index is 11.8. The summed E-state index contributed by atoms with van der Waals surface area (Å²) in [6, 6.07) is 7.47. The van der Waals surface area contributed by atoms with Gasteiger partial charge < -0.3 is 5.11 Å². The van der Waals surface area contributed by atoms with E-state index < -0.39 is 34.4 Å². The van der Waals surface area contributed by atoms with Gasteiger partial charge in [-0.3, -0.25) is 25.2 Å². The highest BCUT2D eigenvalue weighted by atomic mass is 32.2. The fourth-order valence-electron chi connectivity index (χ4n) is 1.31. The van der Waals surface area contributed by atoms with Crippen molar-refractivity contribution in [3.63, 3.8) is 0 Å². The lowest BCUT2D eigenvalue weighted by atomic mass is 10.3. The molecule has 1 aromatic rings. The van der Waals surface area contributed by atoms with Crippen molar-refractivity contribution in [3.8, 4) is 0 Å². The summed E-state index contributed by atoms with van der Waals surface area (Å²) < 4.78 is 25.7. The van der Waals surface area contributed by atoms with E-state index in [4.69, 9.17) is 5.11 Å². The molecule has 0 saturated carbocycles. The number of benzene rings is 1. The van der Waals surface area contributed by atoms with Crippen molar-refractivity contribution < 1.29 is 27.9 Å². The Morgan fingerprint density at radius 2 is 1.55 bits per heavy atom. The molecule has 10 heteroatoms. The molecule has 0 heterocycles. The lowest BCUT2D eigenvalue weighted by molar-refractivity contribution is -0.139. The first kappa shape index (κ1) is 17.6. The van der Waals surface area contributed by atoms with Crippen LogP contribution in [0, 0.1) is 0 Å². The van der Waals surface area contributed by atoms with E-state index in [2.05, 4.69) is 4.72 Å². The van der Waals surface area contributed by atoms with Gasteiger partial charge in [0, 0.05) is 6.42 Å². The highest BCUT2D eigenvalue weighted by Crippen LogP contribution is 2.06. The number of carbonyl (C=O) groups is 3. The number of sulfonamides is 1. The second-order valence-corrected chi connectivity index (χ2v) is 5.89. The molecule has 1 aromatic carbocycles. The zero-order chi connectivity index (χ0) is 16.6. The van der Waals surface area contributed by atoms with Crippen LogP contribution < -0.4 is 15.6 Å². The van der Waals surface area contributed by atoms with Gasteiger partial charge in [-0.1, -0.05) is 18.2 Å². The smallest absolute Gasteiger partial charge is 0.303 e. The predicted octanol–water partition coefficient (Wildman–Crippen LogP) is -1.02. The Kier molecular flexibility index (Phi) is 6.47. The average molecular weight is 329 g/mol. The molecule has 0 aliphatic carbocycles. The van der Waals surface area contributed by atoms with E-state index in [9.17, 15) is 22.8 Å². The molecule has 0 fully saturated rings. The second kappa shape index (κ2) is 8.10. The lowest BCUT2D eigenvalue weighted by Gasteiger charge is -2.08. The Labute approximate surface area is 126 Å². The largest absolute Gasteiger partial charge is 0.481 e. The molecule has 0 aliphatic rings. The van der Waals surface area contributed by atoms with Crippen molar-refractivity contribution in [1.82, 2.24) is 15.6 Å². The fourth-order valence-corrected chi connectivity index (χ4v) is 2.31. The van der Waals surface area contributed by atoms with E-state index >= 15 is 0 Å². The zero-order valence-corrected chi connectivity index (χ0v) is 12.2. The van der Waals surface area contributed by atoms with Crippen LogP contribution in [0.1, 0.15) is 12.8 Å². The summed E-state index contributed by atoms with van der Waals surface area (Å²) in [5.74, 6) is -2.62. The molecule has 120 valence electrons. The molecule has 2 amide bonds. The van der Waals surface area contributed by atoms with Crippen LogP contribution in [0.3, 0.4) is 0 Å². The minimum Gasteiger partial charge on any atom is -0.481 e. The summed E-state index contributed by atoms with van der Waals surface area (Å²) in [7, 11) is -3.82. The summed E-state index contributed by atoms with van der Waals surface area (Å²) in [6.07, 6.45) is -0.673. The number of aliphatic carboxylic acids is 1. The molecule has 4 N–H and O–H groups in total. The van der Waals surface area contributed by atoms with Gasteiger partial charge in [0.05, 0.1) is 17.9 Å². The number of carbonyl (C=O) groups excluding carboxylic acids is 2. The third-order valence-electron chi connectivity index (χ3n) is 2.38. The van der Waals surface area contributed by atoms with Crippen molar-refractivity contribution in [2.75, 3.05) is 6.54 Å². The van der Waals surface area contributed by atoms with Gasteiger partial charge in [0.2, 0.25) is 15.9 Å². The summed E-state index contributed by atoms with van der Waals surface area (Å²) in [5, 5.41) is 8.38. The maximum Gasteiger partial charge on any atom is 0.303 e. The Hall–Kier alpha value is -2.46. The first-order valence-corrected chi connectivity index (χ1v) is 7.64. The fraction of sp³-hybridized carbons (Fsp3) is 0.250. The van der Waals surface area contributed by atoms with E-state index in [0.717, 1.165) is 0 Å². The number of amides is 2. The molecule has 9 nitrogen and oxygen atoms in total. The van der Waals surface area contributed by atoms with Crippen LogP contribution in [0.5, 0.6) is 0 Å². The quantitative estimate of drug-likeness (QED) is 0.472. The Morgan fingerprint density at radius 3 is 2.14 bits per heavy atom. The molecular formula is C12H15N3O6S. The van der Waals surface area contributed by atoms with E-state index in [1.165, 1.54) is 24.3 Å². The number of hydrogen-bond acceptors (Lipinski definition) is 5. The third kappa shape index (κ3) is 6.33. The molecule has 0 unspecified atom stereocenters. The second-order valence-electron chi connectivity index (χ2n) is 4.13. The first-order chi connectivity index (χ1) is 10.3. The number of carboxylic acids is 1. The van der Waals surface area contributed by atoms with Crippen LogP contribution in [0.25, 0.3) is 0 Å². The van der Waals surface area contributed by atoms with Crippen LogP contribution in [0.4, 0.5) is 0 Å². The lowest BCUT2D eigenvalue weighted by Crippen LogP contribution is -2.46. The zero-order valence-electron chi connectivity index (χ0n) is 11.4. The minimum atomic E-state index is -3.82. The topological polar surface area (TPSA) is 142 Å². The predicted molar refractivity (Wildman–Crippen MR) is 74.8 cm³/mol. The molecule has 0 spiro atoms. The highest BCUT2D eigenvalue weighted by molar-refractivity contribution is 7.89. The van der Waals surface area contributed by atoms with Crippen LogP contribution in [-0.4, -0.2) is 37.9 Å². The van der Waals surface area contributed by atoms with Gasteiger partial charge in [-0.15, -0.1) is 0 Å². The van der Waals surface area contributed by atoms with E-state index in [-0.39, 0.29) is 17.7 Å². The normalized spacial score (nSPS) is 10.7. The van der Waals surface area contributed by atoms with Crippen LogP contribution in [0.15, 0.2) is 35.2 Å². The molecular weight excluding hydrogens is 314 g/mol. The van der Waals surface area contributed by atoms with E-state index in [0.29, 0.717) is 0 Å². The number of hydrogen-bond donors (Lipinski definition) is 4. The number of nitrogens with one attached hydrogen (secondary N) is 3. The van der Waals surface area contributed by atoms with Crippen LogP contribution >= 0.6 is 0 Å². The van der Waals surface area contributed by atoms with Gasteiger partial charge in [0.15, 0.2) is 0 Å². The van der Waals surface area contributed by atoms with Crippen LogP contribution in [-0.2, 0) is 24.4 Å². The van der Waals surface area contributed by atoms with Gasteiger partial charge in [0.1, 0.15) is 0 Å². The van der Waals surface area contributed by atoms with Crippen molar-refractivity contribution in [1.29, 1.82) is 0 Å². The molecule has 0 aliphatic heterocycles. The number of carboxylic acid groups (broad SMARTS) is 1. The summed E-state index contributed by atoms with van der Waals surface area (Å²) in [4.78, 5) is 32.8. The first-order valence-electron chi connectivity index (χ1n) is 6.15. The summed E-state index contributed by atoms with van der Waals surface area (Å²) in [6.45, 7) is -0.573. The molecule has 0 saturated heterocycles. The maximum atomic E-state index is 11.8. The van der Waals surface area contributed by atoms with E-state index in [1.807, 2.05) is 10.9 Å².